The van der Waals surface area contributed by atoms with E-state index in [0.717, 1.165) is 49.2 Å². The lowest BCUT2D eigenvalue weighted by molar-refractivity contribution is -0.124. The van der Waals surface area contributed by atoms with Crippen molar-refractivity contribution in [2.24, 2.45) is 11.3 Å². The first-order valence-electron chi connectivity index (χ1n) is 9.99. The highest BCUT2D eigenvalue weighted by molar-refractivity contribution is 5.83. The molecule has 148 valence electrons. The highest BCUT2D eigenvalue weighted by Crippen LogP contribution is 2.58. The molecule has 2 fully saturated rings. The number of ether oxygens (including phenoxy) is 1. The van der Waals surface area contributed by atoms with Crippen molar-refractivity contribution in [3.05, 3.63) is 65.5 Å². The lowest BCUT2D eigenvalue weighted by Gasteiger charge is -2.25. The second kappa shape index (κ2) is 7.92. The smallest absolute Gasteiger partial charge is 0.224 e. The molecule has 1 aliphatic heterocycles. The molecule has 2 N–H and O–H groups in total. The number of hydrogen-bond acceptors (Lipinski definition) is 3. The van der Waals surface area contributed by atoms with Crippen molar-refractivity contribution in [3.63, 3.8) is 0 Å². The summed E-state index contributed by atoms with van der Waals surface area (Å²) < 4.78 is 18.5. The number of methoxy groups -OCH3 is 1. The van der Waals surface area contributed by atoms with Gasteiger partial charge in [0, 0.05) is 5.92 Å². The predicted molar refractivity (Wildman–Crippen MR) is 107 cm³/mol. The minimum atomic E-state index is -0.250. The molecule has 28 heavy (non-hydrogen) atoms. The Hall–Kier alpha value is -2.40. The lowest BCUT2D eigenvalue weighted by Crippen LogP contribution is -2.35. The van der Waals surface area contributed by atoms with Crippen LogP contribution in [0.5, 0.6) is 5.75 Å². The zero-order valence-electron chi connectivity index (χ0n) is 16.2. The van der Waals surface area contributed by atoms with Crippen molar-refractivity contribution in [2.75, 3.05) is 20.2 Å². The van der Waals surface area contributed by atoms with Gasteiger partial charge in [-0.3, -0.25) is 4.79 Å². The monoisotopic (exact) mass is 382 g/mol. The van der Waals surface area contributed by atoms with Gasteiger partial charge in [0.2, 0.25) is 5.91 Å². The Kier molecular flexibility index (Phi) is 5.36. The summed E-state index contributed by atoms with van der Waals surface area (Å²) in [6.07, 6.45) is 3.78. The lowest BCUT2D eigenvalue weighted by atomic mass is 9.91. The summed E-state index contributed by atoms with van der Waals surface area (Å²) in [5, 5.41) is 6.65. The Morgan fingerprint density at radius 1 is 1.18 bits per heavy atom. The number of nitrogens with one attached hydrogen (secondary N) is 2. The number of rotatable bonds is 6. The van der Waals surface area contributed by atoms with Crippen LogP contribution in [0, 0.1) is 17.2 Å². The Bertz CT molecular complexity index is 814. The van der Waals surface area contributed by atoms with E-state index in [-0.39, 0.29) is 29.1 Å². The maximum Gasteiger partial charge on any atom is 0.224 e. The third-order valence-corrected chi connectivity index (χ3v) is 6.29. The largest absolute Gasteiger partial charge is 0.497 e. The number of carbonyl (C=O) groups is 1. The highest BCUT2D eigenvalue weighted by atomic mass is 19.1. The van der Waals surface area contributed by atoms with Gasteiger partial charge in [0.25, 0.3) is 0 Å². The topological polar surface area (TPSA) is 50.4 Å². The molecular weight excluding hydrogens is 355 g/mol. The van der Waals surface area contributed by atoms with Gasteiger partial charge in [-0.2, -0.15) is 0 Å². The van der Waals surface area contributed by atoms with E-state index in [0.29, 0.717) is 6.42 Å². The number of amides is 1. The average molecular weight is 382 g/mol. The summed E-state index contributed by atoms with van der Waals surface area (Å²) >= 11 is 0. The maximum absolute atomic E-state index is 13.3. The second-order valence-electron chi connectivity index (χ2n) is 8.03. The summed E-state index contributed by atoms with van der Waals surface area (Å²) in [4.78, 5) is 13.0. The van der Waals surface area contributed by atoms with E-state index in [1.54, 1.807) is 19.2 Å². The molecule has 4 nitrogen and oxygen atoms in total. The maximum atomic E-state index is 13.3. The number of hydrogen-bond donors (Lipinski definition) is 2. The van der Waals surface area contributed by atoms with E-state index in [4.69, 9.17) is 4.74 Å². The van der Waals surface area contributed by atoms with Crippen molar-refractivity contribution in [1.82, 2.24) is 10.6 Å². The van der Waals surface area contributed by atoms with Gasteiger partial charge >= 0.3 is 0 Å². The van der Waals surface area contributed by atoms with E-state index in [1.165, 1.54) is 12.1 Å². The van der Waals surface area contributed by atoms with Gasteiger partial charge in [0.05, 0.1) is 13.2 Å². The molecule has 2 unspecified atom stereocenters. The van der Waals surface area contributed by atoms with Crippen LogP contribution in [0.25, 0.3) is 0 Å². The van der Waals surface area contributed by atoms with Crippen molar-refractivity contribution >= 4 is 5.91 Å². The van der Waals surface area contributed by atoms with E-state index >= 15 is 0 Å². The molecule has 1 saturated heterocycles. The molecule has 2 aliphatic rings. The van der Waals surface area contributed by atoms with E-state index < -0.39 is 0 Å². The molecule has 2 aromatic rings. The molecular formula is C23H27FN2O2. The van der Waals surface area contributed by atoms with E-state index in [2.05, 4.69) is 10.6 Å². The van der Waals surface area contributed by atoms with E-state index in [1.807, 2.05) is 24.3 Å². The van der Waals surface area contributed by atoms with Gasteiger partial charge in [-0.05, 0) is 79.6 Å². The summed E-state index contributed by atoms with van der Waals surface area (Å²) in [7, 11) is 1.64. The van der Waals surface area contributed by atoms with Crippen LogP contribution in [0.3, 0.4) is 0 Å². The van der Waals surface area contributed by atoms with Gasteiger partial charge in [-0.1, -0.05) is 24.3 Å². The number of benzene rings is 2. The van der Waals surface area contributed by atoms with Crippen LogP contribution < -0.4 is 15.4 Å². The molecule has 2 aromatic carbocycles. The minimum Gasteiger partial charge on any atom is -0.497 e. The predicted octanol–water partition coefficient (Wildman–Crippen LogP) is 3.62. The molecule has 1 amide bonds. The molecule has 4 rings (SSSR count). The summed E-state index contributed by atoms with van der Waals surface area (Å²) in [6.45, 7) is 2.00. The first-order valence-corrected chi connectivity index (χ1v) is 9.99. The molecule has 2 atom stereocenters. The Morgan fingerprint density at radius 2 is 1.86 bits per heavy atom. The first kappa shape index (κ1) is 18.9. The van der Waals surface area contributed by atoms with Crippen LogP contribution in [-0.2, 0) is 11.2 Å². The minimum absolute atomic E-state index is 0.114. The van der Waals surface area contributed by atoms with Gasteiger partial charge in [-0.15, -0.1) is 0 Å². The standard InChI is InChI=1S/C23H27FN2O2/c1-28-19-8-4-17(5-9-19)21(14-16-2-6-18(24)7-3-16)26-22(27)20-15-23(20)10-12-25-13-11-23/h2-9,20-21,25H,10-15H2,1H3,(H,26,27). The van der Waals surface area contributed by atoms with Gasteiger partial charge in [-0.25, -0.2) is 4.39 Å². The molecule has 5 heteroatoms. The molecule has 1 spiro atoms. The van der Waals surface area contributed by atoms with Gasteiger partial charge in [0.1, 0.15) is 11.6 Å². The van der Waals surface area contributed by atoms with Gasteiger partial charge < -0.3 is 15.4 Å². The fourth-order valence-corrected chi connectivity index (χ4v) is 4.41. The second-order valence-corrected chi connectivity index (χ2v) is 8.03. The van der Waals surface area contributed by atoms with Crippen LogP contribution in [0.4, 0.5) is 4.39 Å². The van der Waals surface area contributed by atoms with Crippen molar-refractivity contribution in [2.45, 2.75) is 31.7 Å². The van der Waals surface area contributed by atoms with Crippen LogP contribution in [0.2, 0.25) is 0 Å². The number of halogens is 1. The van der Waals surface area contributed by atoms with Crippen LogP contribution >= 0.6 is 0 Å². The first-order chi connectivity index (χ1) is 13.6. The van der Waals surface area contributed by atoms with Crippen LogP contribution in [-0.4, -0.2) is 26.1 Å². The van der Waals surface area contributed by atoms with Crippen molar-refractivity contribution in [3.8, 4) is 5.75 Å². The molecule has 1 aliphatic carbocycles. The Labute approximate surface area is 165 Å². The third-order valence-electron chi connectivity index (χ3n) is 6.29. The normalized spacial score (nSPS) is 21.1. The average Bonchev–Trinajstić information content (AvgIpc) is 3.42. The highest BCUT2D eigenvalue weighted by Gasteiger charge is 2.57. The SMILES string of the molecule is COc1ccc(C(Cc2ccc(F)cc2)NC(=O)C2CC23CCNCC3)cc1. The zero-order chi connectivity index (χ0) is 19.6. The molecule has 1 heterocycles. The molecule has 0 bridgehead atoms. The number of piperidine rings is 1. The van der Waals surface area contributed by atoms with Gasteiger partial charge in [0.15, 0.2) is 0 Å². The van der Waals surface area contributed by atoms with E-state index in [9.17, 15) is 9.18 Å². The zero-order valence-corrected chi connectivity index (χ0v) is 16.2. The van der Waals surface area contributed by atoms with Crippen molar-refractivity contribution in [1.29, 1.82) is 0 Å². The summed E-state index contributed by atoms with van der Waals surface area (Å²) in [5.41, 5.74) is 2.23. The summed E-state index contributed by atoms with van der Waals surface area (Å²) in [6, 6.07) is 14.1. The third kappa shape index (κ3) is 4.04. The fourth-order valence-electron chi connectivity index (χ4n) is 4.41. The van der Waals surface area contributed by atoms with Crippen LogP contribution in [0.15, 0.2) is 48.5 Å². The Balaban J connectivity index is 1.50. The Morgan fingerprint density at radius 3 is 2.50 bits per heavy atom. The quantitative estimate of drug-likeness (QED) is 0.802. The molecule has 0 aromatic heterocycles. The van der Waals surface area contributed by atoms with Crippen molar-refractivity contribution < 1.29 is 13.9 Å². The molecule has 1 saturated carbocycles. The summed E-state index contributed by atoms with van der Waals surface area (Å²) in [5.74, 6) is 0.791. The number of carbonyl (C=O) groups excluding carboxylic acids is 1. The van der Waals surface area contributed by atoms with Crippen LogP contribution in [0.1, 0.15) is 36.4 Å². The fraction of sp³-hybridized carbons (Fsp3) is 0.435. The molecule has 0 radical (unpaired) electrons.